The van der Waals surface area contributed by atoms with Gasteiger partial charge >= 0.3 is 0 Å². The first kappa shape index (κ1) is 43.2. The van der Waals surface area contributed by atoms with Crippen LogP contribution >= 0.6 is 34.0 Å². The van der Waals surface area contributed by atoms with E-state index in [2.05, 4.69) is 117 Å². The second-order valence-electron chi connectivity index (χ2n) is 10.7. The molecule has 218 valence electrons. The highest BCUT2D eigenvalue weighted by Gasteiger charge is 2.11. The molecule has 0 aliphatic heterocycles. The second-order valence-corrected chi connectivity index (χ2v) is 13.3. The molecule has 0 saturated heterocycles. The van der Waals surface area contributed by atoms with Crippen LogP contribution in [0.5, 0.6) is 0 Å². The van der Waals surface area contributed by atoms with Gasteiger partial charge in [0.25, 0.3) is 0 Å². The van der Waals surface area contributed by atoms with Crippen molar-refractivity contribution in [2.45, 2.75) is 148 Å². The van der Waals surface area contributed by atoms with Crippen LogP contribution in [0, 0.1) is 0 Å². The van der Waals surface area contributed by atoms with Crippen LogP contribution in [-0.4, -0.2) is 0 Å². The van der Waals surface area contributed by atoms with Gasteiger partial charge < -0.3 is 0 Å². The largest absolute Gasteiger partial charge is 0.152 e. The highest BCUT2D eigenvalue weighted by atomic mass is 32.1. The molecule has 0 amide bonds. The van der Waals surface area contributed by atoms with E-state index in [9.17, 15) is 0 Å². The Morgan fingerprint density at radius 3 is 0.865 bits per heavy atom. The van der Waals surface area contributed by atoms with Crippen LogP contribution in [0.3, 0.4) is 0 Å². The van der Waals surface area contributed by atoms with E-state index < -0.39 is 0 Å². The summed E-state index contributed by atoms with van der Waals surface area (Å²) in [6.45, 7) is 27.1. The number of hydrogen-bond donors (Lipinski definition) is 0. The van der Waals surface area contributed by atoms with Gasteiger partial charge in [-0.3, -0.25) is 0 Å². The lowest BCUT2D eigenvalue weighted by molar-refractivity contribution is 0.798. The van der Waals surface area contributed by atoms with Crippen molar-refractivity contribution < 1.29 is 0 Å². The average Bonchev–Trinajstić information content (AvgIpc) is 3.48. The Morgan fingerprint density at radius 1 is 0.405 bits per heavy atom. The van der Waals surface area contributed by atoms with Crippen LogP contribution in [0.25, 0.3) is 0 Å². The van der Waals surface area contributed by atoms with Crippen LogP contribution in [0.4, 0.5) is 0 Å². The third kappa shape index (κ3) is 13.6. The van der Waals surface area contributed by atoms with Crippen molar-refractivity contribution in [1.82, 2.24) is 0 Å². The molecule has 3 aromatic rings. The minimum atomic E-state index is 0. The molecule has 0 N–H and O–H groups in total. The molecular weight excluding hydrogens is 505 g/mol. The van der Waals surface area contributed by atoms with Gasteiger partial charge in [-0.25, -0.2) is 0 Å². The molecule has 3 aromatic heterocycles. The molecule has 3 heterocycles. The third-order valence-corrected chi connectivity index (χ3v) is 8.96. The number of thiophene rings is 3. The fourth-order valence-corrected chi connectivity index (χ4v) is 7.13. The molecule has 0 aliphatic rings. The predicted molar refractivity (Wildman–Crippen MR) is 184 cm³/mol. The molecule has 0 saturated carbocycles. The first-order chi connectivity index (χ1) is 15.4. The van der Waals surface area contributed by atoms with E-state index in [-0.39, 0.29) is 29.7 Å². The van der Waals surface area contributed by atoms with Crippen molar-refractivity contribution in [3.8, 4) is 0 Å². The Hall–Kier alpha value is -0.900. The summed E-state index contributed by atoms with van der Waals surface area (Å²) in [5, 5.41) is 8.95. The summed E-state index contributed by atoms with van der Waals surface area (Å²) in [6, 6.07) is 4.51. The summed E-state index contributed by atoms with van der Waals surface area (Å²) in [5.74, 6) is 4.09. The maximum absolute atomic E-state index is 2.28. The lowest BCUT2D eigenvalue weighted by Crippen LogP contribution is -1.93. The quantitative estimate of drug-likeness (QED) is 0.277. The van der Waals surface area contributed by atoms with Gasteiger partial charge in [0.15, 0.2) is 0 Å². The molecule has 0 bridgehead atoms. The number of hydrogen-bond acceptors (Lipinski definition) is 3. The van der Waals surface area contributed by atoms with Crippen LogP contribution in [0.1, 0.15) is 180 Å². The van der Waals surface area contributed by atoms with Gasteiger partial charge in [0, 0.05) is 9.75 Å². The van der Waals surface area contributed by atoms with Gasteiger partial charge in [0.05, 0.1) is 0 Å². The Labute approximate surface area is 247 Å². The van der Waals surface area contributed by atoms with E-state index >= 15 is 0 Å². The zero-order valence-corrected chi connectivity index (χ0v) is 25.6. The van der Waals surface area contributed by atoms with Crippen LogP contribution in [0.15, 0.2) is 33.7 Å². The van der Waals surface area contributed by atoms with Gasteiger partial charge in [-0.05, 0) is 91.4 Å². The summed E-state index contributed by atoms with van der Waals surface area (Å²) < 4.78 is 0. The first-order valence-corrected chi connectivity index (χ1v) is 15.3. The normalized spacial score (nSPS) is 10.2. The van der Waals surface area contributed by atoms with Crippen LogP contribution in [-0.2, 0) is 0 Å². The van der Waals surface area contributed by atoms with E-state index in [1.807, 2.05) is 34.0 Å². The molecule has 0 nitrogen and oxygen atoms in total. The molecule has 3 heteroatoms. The lowest BCUT2D eigenvalue weighted by atomic mass is 9.95. The van der Waals surface area contributed by atoms with E-state index in [1.54, 1.807) is 9.75 Å². The highest BCUT2D eigenvalue weighted by molar-refractivity contribution is 7.10. The van der Waals surface area contributed by atoms with Crippen molar-refractivity contribution in [2.24, 2.45) is 0 Å². The molecule has 0 spiro atoms. The fraction of sp³-hybridized carbons (Fsp3) is 0.647. The van der Waals surface area contributed by atoms with Gasteiger partial charge in [-0.1, -0.05) is 113 Å². The zero-order valence-electron chi connectivity index (χ0n) is 23.2. The van der Waals surface area contributed by atoms with Gasteiger partial charge in [-0.2, -0.15) is 11.3 Å². The maximum atomic E-state index is 2.28. The van der Waals surface area contributed by atoms with E-state index in [0.29, 0.717) is 35.5 Å². The van der Waals surface area contributed by atoms with E-state index in [0.717, 1.165) is 0 Å². The number of rotatable bonds is 6. The average molecular weight is 569 g/mol. The first-order valence-electron chi connectivity index (χ1n) is 12.6. The summed E-state index contributed by atoms with van der Waals surface area (Å²) in [6.07, 6.45) is 0. The SMILES string of the molecule is C.C.C.C.CC(C)c1ccsc1C(C)C.CC(C)c1ccsc1C(C)C.CC(C)c1cscc1C(C)C. The molecule has 0 aliphatic carbocycles. The Bertz CT molecular complexity index is 714. The monoisotopic (exact) mass is 568 g/mol. The topological polar surface area (TPSA) is 0 Å². The van der Waals surface area contributed by atoms with Crippen LogP contribution < -0.4 is 0 Å². The second kappa shape index (κ2) is 21.0. The minimum absolute atomic E-state index is 0. The Balaban J connectivity index is -0.000000209. The Morgan fingerprint density at radius 2 is 0.676 bits per heavy atom. The fourth-order valence-electron chi connectivity index (χ4n) is 3.81. The maximum Gasteiger partial charge on any atom is 0.0105 e. The summed E-state index contributed by atoms with van der Waals surface area (Å²) in [7, 11) is 0. The van der Waals surface area contributed by atoms with Crippen molar-refractivity contribution in [3.63, 3.8) is 0 Å². The summed E-state index contributed by atoms with van der Waals surface area (Å²) in [4.78, 5) is 3.11. The van der Waals surface area contributed by atoms with Crippen molar-refractivity contribution in [1.29, 1.82) is 0 Å². The molecule has 3 rings (SSSR count). The minimum Gasteiger partial charge on any atom is -0.152 e. The third-order valence-electron chi connectivity index (χ3n) is 5.71. The zero-order chi connectivity index (χ0) is 25.3. The molecular formula is C34H64S3. The molecule has 0 atom stereocenters. The standard InChI is InChI=1S/3C10H16S.4CH4/c1-7(2)9-5-11-6-10(9)8(3)4;2*1-7(2)9-5-6-11-10(9)8(3)4;;;;/h3*5-8H,1-4H3;4*1H4. The molecule has 0 unspecified atom stereocenters. The lowest BCUT2D eigenvalue weighted by Gasteiger charge is -2.09. The van der Waals surface area contributed by atoms with Crippen molar-refractivity contribution in [3.05, 3.63) is 65.7 Å². The molecule has 0 aromatic carbocycles. The Kier molecular flexibility index (Phi) is 24.5. The van der Waals surface area contributed by atoms with E-state index in [1.165, 1.54) is 22.3 Å². The van der Waals surface area contributed by atoms with Crippen LogP contribution in [0.2, 0.25) is 0 Å². The summed E-state index contributed by atoms with van der Waals surface area (Å²) >= 11 is 5.59. The van der Waals surface area contributed by atoms with Gasteiger partial charge in [0.2, 0.25) is 0 Å². The summed E-state index contributed by atoms with van der Waals surface area (Å²) in [5.41, 5.74) is 6.13. The van der Waals surface area contributed by atoms with Gasteiger partial charge in [-0.15, -0.1) is 22.7 Å². The van der Waals surface area contributed by atoms with Gasteiger partial charge in [0.1, 0.15) is 0 Å². The molecule has 0 fully saturated rings. The molecule has 0 radical (unpaired) electrons. The highest BCUT2D eigenvalue weighted by Crippen LogP contribution is 2.32. The predicted octanol–water partition coefficient (Wildman–Crippen LogP) is 14.5. The molecule has 37 heavy (non-hydrogen) atoms. The van der Waals surface area contributed by atoms with Crippen molar-refractivity contribution >= 4 is 34.0 Å². The van der Waals surface area contributed by atoms with Crippen molar-refractivity contribution in [2.75, 3.05) is 0 Å². The smallest absolute Gasteiger partial charge is 0.0105 e. The van der Waals surface area contributed by atoms with E-state index in [4.69, 9.17) is 0 Å².